The molecule has 0 amide bonds. The van der Waals surface area contributed by atoms with E-state index in [0.717, 1.165) is 38.0 Å². The van der Waals surface area contributed by atoms with Crippen LogP contribution in [0.4, 0.5) is 0 Å². The minimum absolute atomic E-state index is 0. The molecule has 1 saturated heterocycles. The second kappa shape index (κ2) is 7.90. The normalized spacial score (nSPS) is 16.4. The Morgan fingerprint density at radius 3 is 2.70 bits per heavy atom. The molecule has 112 valence electrons. The number of nitrogens with zero attached hydrogens (tertiary/aromatic N) is 1. The molecule has 0 unspecified atom stereocenters. The number of hydrogen-bond acceptors (Lipinski definition) is 4. The number of esters is 1. The highest BCUT2D eigenvalue weighted by molar-refractivity contribution is 5.69. The van der Waals surface area contributed by atoms with E-state index in [0.29, 0.717) is 18.1 Å². The predicted molar refractivity (Wildman–Crippen MR) is 79.5 cm³/mol. The number of piperidine rings is 1. The molecule has 1 aromatic rings. The van der Waals surface area contributed by atoms with Gasteiger partial charge in [-0.05, 0) is 49.5 Å². The Balaban J connectivity index is 0.00000200. The van der Waals surface area contributed by atoms with Crippen molar-refractivity contribution in [1.82, 2.24) is 4.90 Å². The summed E-state index contributed by atoms with van der Waals surface area (Å²) < 4.78 is 4.71. The number of phenolic OH excluding ortho intramolecular Hbond substituents is 1. The number of phenols is 1. The number of likely N-dealkylation sites (tertiary alicyclic amines) is 1. The molecule has 1 N–H and O–H groups in total. The number of rotatable bonds is 4. The van der Waals surface area contributed by atoms with Crippen LogP contribution in [0.25, 0.3) is 0 Å². The third kappa shape index (κ3) is 4.85. The lowest BCUT2D eigenvalue weighted by molar-refractivity contribution is -0.142. The number of ether oxygens (including phenoxy) is 1. The molecule has 1 aliphatic heterocycles. The second-order valence-electron chi connectivity index (χ2n) is 5.17. The van der Waals surface area contributed by atoms with E-state index in [9.17, 15) is 9.90 Å². The average Bonchev–Trinajstić information content (AvgIpc) is 2.41. The molecule has 1 aromatic carbocycles. The molecule has 1 fully saturated rings. The van der Waals surface area contributed by atoms with Gasteiger partial charge in [-0.25, -0.2) is 0 Å². The first-order chi connectivity index (χ1) is 9.17. The van der Waals surface area contributed by atoms with Gasteiger partial charge in [-0.1, -0.05) is 19.6 Å². The lowest BCUT2D eigenvalue weighted by Gasteiger charge is -2.31. The maximum atomic E-state index is 11.2. The van der Waals surface area contributed by atoms with Gasteiger partial charge in [0.2, 0.25) is 0 Å². The van der Waals surface area contributed by atoms with Crippen LogP contribution in [-0.4, -0.2) is 36.2 Å². The van der Waals surface area contributed by atoms with Crippen molar-refractivity contribution in [2.75, 3.05) is 20.2 Å². The summed E-state index contributed by atoms with van der Waals surface area (Å²) in [6.07, 6.45) is 2.61. The van der Waals surface area contributed by atoms with E-state index in [1.807, 2.05) is 12.1 Å². The van der Waals surface area contributed by atoms with Gasteiger partial charge in [0.25, 0.3) is 0 Å². The Kier molecular flexibility index (Phi) is 6.52. The minimum Gasteiger partial charge on any atom is -0.508 e. The lowest BCUT2D eigenvalue weighted by atomic mass is 9.93. The molecular formula is C16H25NO3. The van der Waals surface area contributed by atoms with Crippen molar-refractivity contribution < 1.29 is 14.6 Å². The monoisotopic (exact) mass is 279 g/mol. The molecule has 0 aliphatic carbocycles. The second-order valence-corrected chi connectivity index (χ2v) is 5.17. The van der Waals surface area contributed by atoms with Crippen LogP contribution in [0, 0.1) is 5.92 Å². The van der Waals surface area contributed by atoms with Crippen molar-refractivity contribution in [2.24, 2.45) is 5.92 Å². The highest BCUT2D eigenvalue weighted by Gasteiger charge is 2.21. The summed E-state index contributed by atoms with van der Waals surface area (Å²) >= 11 is 0. The maximum Gasteiger partial charge on any atom is 0.305 e. The first kappa shape index (κ1) is 16.5. The third-order valence-corrected chi connectivity index (χ3v) is 3.71. The van der Waals surface area contributed by atoms with E-state index in [2.05, 4.69) is 4.90 Å². The highest BCUT2D eigenvalue weighted by atomic mass is 16.5. The fourth-order valence-electron chi connectivity index (χ4n) is 2.58. The Morgan fingerprint density at radius 2 is 2.10 bits per heavy atom. The van der Waals surface area contributed by atoms with E-state index in [1.54, 1.807) is 12.1 Å². The van der Waals surface area contributed by atoms with Gasteiger partial charge in [0.05, 0.1) is 7.11 Å². The zero-order chi connectivity index (χ0) is 13.7. The van der Waals surface area contributed by atoms with Crippen molar-refractivity contribution in [3.05, 3.63) is 29.8 Å². The van der Waals surface area contributed by atoms with Crippen LogP contribution in [-0.2, 0) is 16.1 Å². The van der Waals surface area contributed by atoms with Crippen LogP contribution in [0.5, 0.6) is 5.75 Å². The number of carbonyl (C=O) groups is 1. The van der Waals surface area contributed by atoms with Crippen LogP contribution in [0.1, 0.15) is 32.3 Å². The summed E-state index contributed by atoms with van der Waals surface area (Å²) in [6.45, 7) is 2.86. The molecular weight excluding hydrogens is 254 g/mol. The van der Waals surface area contributed by atoms with Crippen molar-refractivity contribution in [1.29, 1.82) is 0 Å². The fraction of sp³-hybridized carbons (Fsp3) is 0.562. The summed E-state index contributed by atoms with van der Waals surface area (Å²) in [5.74, 6) is 0.664. The van der Waals surface area contributed by atoms with Crippen LogP contribution in [0.3, 0.4) is 0 Å². The van der Waals surface area contributed by atoms with E-state index >= 15 is 0 Å². The fourth-order valence-corrected chi connectivity index (χ4v) is 2.58. The third-order valence-electron chi connectivity index (χ3n) is 3.71. The molecule has 0 saturated carbocycles. The minimum atomic E-state index is -0.105. The van der Waals surface area contributed by atoms with Gasteiger partial charge in [0, 0.05) is 13.0 Å². The summed E-state index contributed by atoms with van der Waals surface area (Å²) in [5.41, 5.74) is 1.13. The van der Waals surface area contributed by atoms with Crippen LogP contribution in [0.15, 0.2) is 24.3 Å². The summed E-state index contributed by atoms with van der Waals surface area (Å²) in [7, 11) is 1.44. The highest BCUT2D eigenvalue weighted by Crippen LogP contribution is 2.22. The molecule has 4 nitrogen and oxygen atoms in total. The van der Waals surface area contributed by atoms with Gasteiger partial charge in [0.15, 0.2) is 0 Å². The van der Waals surface area contributed by atoms with Crippen molar-refractivity contribution in [3.63, 3.8) is 0 Å². The summed E-state index contributed by atoms with van der Waals surface area (Å²) in [6, 6.07) is 7.39. The zero-order valence-electron chi connectivity index (χ0n) is 11.3. The molecule has 1 heterocycles. The van der Waals surface area contributed by atoms with Gasteiger partial charge in [0.1, 0.15) is 5.75 Å². The molecule has 0 radical (unpaired) electrons. The first-order valence-electron chi connectivity index (χ1n) is 6.74. The first-order valence-corrected chi connectivity index (χ1v) is 6.74. The smallest absolute Gasteiger partial charge is 0.305 e. The molecule has 1 aliphatic rings. The standard InChI is InChI=1S/C15H21NO3.CH4/c1-19-15(18)10-12-5-7-16(8-6-12)11-13-3-2-4-14(17)9-13;/h2-4,9,12,17H,5-8,10-11H2,1H3;1H4. The van der Waals surface area contributed by atoms with Crippen LogP contribution < -0.4 is 0 Å². The van der Waals surface area contributed by atoms with Gasteiger partial charge in [-0.3, -0.25) is 9.69 Å². The molecule has 20 heavy (non-hydrogen) atoms. The van der Waals surface area contributed by atoms with Crippen molar-refractivity contribution >= 4 is 5.97 Å². The maximum absolute atomic E-state index is 11.2. The Labute approximate surface area is 121 Å². The van der Waals surface area contributed by atoms with E-state index in [-0.39, 0.29) is 13.4 Å². The van der Waals surface area contributed by atoms with Crippen LogP contribution >= 0.6 is 0 Å². The lowest BCUT2D eigenvalue weighted by Crippen LogP contribution is -2.34. The molecule has 4 heteroatoms. The number of methoxy groups -OCH3 is 1. The molecule has 0 aromatic heterocycles. The summed E-state index contributed by atoms with van der Waals surface area (Å²) in [5, 5.41) is 9.44. The van der Waals surface area contributed by atoms with Crippen molar-refractivity contribution in [2.45, 2.75) is 33.2 Å². The zero-order valence-corrected chi connectivity index (χ0v) is 11.3. The number of benzene rings is 1. The molecule has 0 bridgehead atoms. The van der Waals surface area contributed by atoms with E-state index in [1.165, 1.54) is 7.11 Å². The number of carbonyl (C=O) groups excluding carboxylic acids is 1. The molecule has 0 spiro atoms. The Morgan fingerprint density at radius 1 is 1.40 bits per heavy atom. The largest absolute Gasteiger partial charge is 0.508 e. The van der Waals surface area contributed by atoms with Gasteiger partial charge in [-0.15, -0.1) is 0 Å². The Hall–Kier alpha value is -1.55. The van der Waals surface area contributed by atoms with Gasteiger partial charge in [-0.2, -0.15) is 0 Å². The van der Waals surface area contributed by atoms with E-state index in [4.69, 9.17) is 4.74 Å². The molecule has 2 rings (SSSR count). The van der Waals surface area contributed by atoms with Crippen LogP contribution in [0.2, 0.25) is 0 Å². The topological polar surface area (TPSA) is 49.8 Å². The van der Waals surface area contributed by atoms with Gasteiger partial charge < -0.3 is 9.84 Å². The van der Waals surface area contributed by atoms with Gasteiger partial charge >= 0.3 is 5.97 Å². The van der Waals surface area contributed by atoms with Crippen molar-refractivity contribution in [3.8, 4) is 5.75 Å². The Bertz CT molecular complexity index is 425. The predicted octanol–water partition coefficient (Wildman–Crippen LogP) is 2.80. The number of hydrogen-bond donors (Lipinski definition) is 1. The average molecular weight is 279 g/mol. The molecule has 0 atom stereocenters. The summed E-state index contributed by atoms with van der Waals surface area (Å²) in [4.78, 5) is 13.6. The van der Waals surface area contributed by atoms with E-state index < -0.39 is 0 Å². The number of aromatic hydroxyl groups is 1. The quantitative estimate of drug-likeness (QED) is 0.861. The SMILES string of the molecule is C.COC(=O)CC1CCN(Cc2cccc(O)c2)CC1.